The fraction of sp³-hybridized carbons (Fsp3) is 0.444. The number of aromatic hydroxyl groups is 1. The van der Waals surface area contributed by atoms with Crippen LogP contribution in [0.5, 0.6) is 5.75 Å². The monoisotopic (exact) mass is 354 g/mol. The van der Waals surface area contributed by atoms with Gasteiger partial charge >= 0.3 is 0 Å². The van der Waals surface area contributed by atoms with Crippen LogP contribution >= 0.6 is 24.8 Å². The third-order valence-corrected chi connectivity index (χ3v) is 4.80. The molecule has 1 atom stereocenters. The molecule has 1 heterocycles. The minimum Gasteiger partial charge on any atom is -0.508 e. The van der Waals surface area contributed by atoms with Gasteiger partial charge in [0.15, 0.2) is 0 Å². The van der Waals surface area contributed by atoms with Crippen molar-refractivity contribution >= 4 is 35.6 Å². The molecule has 2 aliphatic rings. The molecule has 23 heavy (non-hydrogen) atoms. The van der Waals surface area contributed by atoms with E-state index in [2.05, 4.69) is 28.4 Å². The molecule has 4 rings (SSSR count). The zero-order valence-electron chi connectivity index (χ0n) is 13.1. The van der Waals surface area contributed by atoms with Crippen LogP contribution in [0.1, 0.15) is 24.4 Å². The van der Waals surface area contributed by atoms with Crippen LogP contribution in [0.3, 0.4) is 0 Å². The minimum atomic E-state index is 0. The summed E-state index contributed by atoms with van der Waals surface area (Å²) in [7, 11) is 0. The molecule has 2 fully saturated rings. The molecule has 3 nitrogen and oxygen atoms in total. The average molecular weight is 355 g/mol. The second-order valence-corrected chi connectivity index (χ2v) is 6.36. The third-order valence-electron chi connectivity index (χ3n) is 4.80. The standard InChI is InChI=1S/C18H22N2O.2ClH/c21-17-6-5-14-11-16(4-3-15(14)12-17)18(13-1-2-13)20-9-7-19-8-10-20;;/h3-6,11-13,18-19,21H,1-2,7-10H2;2*1H/t18-;;/m1../s1. The van der Waals surface area contributed by atoms with E-state index in [0.717, 1.165) is 37.5 Å². The average Bonchev–Trinajstić information content (AvgIpc) is 3.33. The predicted octanol–water partition coefficient (Wildman–Crippen LogP) is 3.75. The Bertz CT molecular complexity index is 655. The Morgan fingerprint density at radius 2 is 1.61 bits per heavy atom. The number of phenolic OH excluding ortho intramolecular Hbond substituents is 1. The molecule has 126 valence electrons. The summed E-state index contributed by atoms with van der Waals surface area (Å²) in [5.74, 6) is 1.17. The molecule has 0 amide bonds. The quantitative estimate of drug-likeness (QED) is 0.880. The lowest BCUT2D eigenvalue weighted by Gasteiger charge is -2.35. The number of phenols is 1. The number of rotatable bonds is 3. The fourth-order valence-corrected chi connectivity index (χ4v) is 3.59. The van der Waals surface area contributed by atoms with Crippen LogP contribution in [0.4, 0.5) is 0 Å². The molecular formula is C18H24Cl2N2O. The van der Waals surface area contributed by atoms with Gasteiger partial charge < -0.3 is 10.4 Å². The Balaban J connectivity index is 0.000000960. The van der Waals surface area contributed by atoms with Gasteiger partial charge in [-0.2, -0.15) is 0 Å². The van der Waals surface area contributed by atoms with Crippen LogP contribution in [0.2, 0.25) is 0 Å². The summed E-state index contributed by atoms with van der Waals surface area (Å²) in [6.45, 7) is 4.50. The van der Waals surface area contributed by atoms with Gasteiger partial charge in [-0.1, -0.05) is 18.2 Å². The zero-order chi connectivity index (χ0) is 14.2. The van der Waals surface area contributed by atoms with Gasteiger partial charge in [0.1, 0.15) is 5.75 Å². The highest BCUT2D eigenvalue weighted by atomic mass is 35.5. The van der Waals surface area contributed by atoms with Crippen LogP contribution in [0.25, 0.3) is 10.8 Å². The molecule has 2 aromatic carbocycles. The summed E-state index contributed by atoms with van der Waals surface area (Å²) in [6.07, 6.45) is 2.73. The maximum Gasteiger partial charge on any atom is 0.116 e. The Labute approximate surface area is 149 Å². The van der Waals surface area contributed by atoms with Gasteiger partial charge in [-0.05, 0) is 53.3 Å². The van der Waals surface area contributed by atoms with E-state index in [4.69, 9.17) is 0 Å². The zero-order valence-corrected chi connectivity index (χ0v) is 14.7. The van der Waals surface area contributed by atoms with Crippen molar-refractivity contribution in [3.63, 3.8) is 0 Å². The summed E-state index contributed by atoms with van der Waals surface area (Å²) in [5.41, 5.74) is 1.44. The molecule has 0 unspecified atom stereocenters. The van der Waals surface area contributed by atoms with Crippen LogP contribution in [0.15, 0.2) is 36.4 Å². The van der Waals surface area contributed by atoms with Gasteiger partial charge in [-0.25, -0.2) is 0 Å². The summed E-state index contributed by atoms with van der Waals surface area (Å²) >= 11 is 0. The normalized spacial score (nSPS) is 19.7. The second kappa shape index (κ2) is 7.71. The molecule has 0 spiro atoms. The number of halogens is 2. The summed E-state index contributed by atoms with van der Waals surface area (Å²) in [6, 6.07) is 13.0. The first-order chi connectivity index (χ1) is 10.3. The van der Waals surface area contributed by atoms with E-state index in [-0.39, 0.29) is 24.8 Å². The van der Waals surface area contributed by atoms with Gasteiger partial charge in [0.25, 0.3) is 0 Å². The number of hydrogen-bond donors (Lipinski definition) is 2. The second-order valence-electron chi connectivity index (χ2n) is 6.36. The van der Waals surface area contributed by atoms with E-state index in [1.807, 2.05) is 12.1 Å². The molecule has 1 aliphatic heterocycles. The highest BCUT2D eigenvalue weighted by Crippen LogP contribution is 2.45. The van der Waals surface area contributed by atoms with E-state index in [1.54, 1.807) is 6.07 Å². The van der Waals surface area contributed by atoms with Crippen molar-refractivity contribution in [2.45, 2.75) is 18.9 Å². The molecular weight excluding hydrogens is 331 g/mol. The van der Waals surface area contributed by atoms with Crippen molar-refractivity contribution < 1.29 is 5.11 Å². The van der Waals surface area contributed by atoms with Gasteiger partial charge in [-0.15, -0.1) is 24.8 Å². The molecule has 1 saturated carbocycles. The van der Waals surface area contributed by atoms with Crippen LogP contribution in [0, 0.1) is 5.92 Å². The first-order valence-corrected chi connectivity index (χ1v) is 7.99. The lowest BCUT2D eigenvalue weighted by atomic mass is 9.96. The van der Waals surface area contributed by atoms with E-state index in [9.17, 15) is 5.11 Å². The van der Waals surface area contributed by atoms with Crippen molar-refractivity contribution in [3.05, 3.63) is 42.0 Å². The highest BCUT2D eigenvalue weighted by Gasteiger charge is 2.36. The van der Waals surface area contributed by atoms with E-state index in [0.29, 0.717) is 11.8 Å². The van der Waals surface area contributed by atoms with Crippen LogP contribution < -0.4 is 5.32 Å². The molecule has 0 radical (unpaired) electrons. The number of nitrogens with one attached hydrogen (secondary N) is 1. The van der Waals surface area contributed by atoms with Crippen molar-refractivity contribution in [2.75, 3.05) is 26.2 Å². The molecule has 1 saturated heterocycles. The maximum atomic E-state index is 9.60. The first kappa shape index (κ1) is 18.3. The lowest BCUT2D eigenvalue weighted by molar-refractivity contribution is 0.156. The molecule has 0 bridgehead atoms. The minimum absolute atomic E-state index is 0. The number of fused-ring (bicyclic) bond motifs is 1. The molecule has 1 aliphatic carbocycles. The van der Waals surface area contributed by atoms with Gasteiger partial charge in [0.05, 0.1) is 0 Å². The summed E-state index contributed by atoms with van der Waals surface area (Å²) in [5, 5.41) is 15.4. The summed E-state index contributed by atoms with van der Waals surface area (Å²) < 4.78 is 0. The number of nitrogens with zero attached hydrogens (tertiary/aromatic N) is 1. The Morgan fingerprint density at radius 3 is 2.30 bits per heavy atom. The smallest absolute Gasteiger partial charge is 0.116 e. The largest absolute Gasteiger partial charge is 0.508 e. The maximum absolute atomic E-state index is 9.60. The van der Waals surface area contributed by atoms with Crippen molar-refractivity contribution in [3.8, 4) is 5.75 Å². The van der Waals surface area contributed by atoms with Crippen LogP contribution in [-0.4, -0.2) is 36.2 Å². The Hall–Kier alpha value is -1.00. The van der Waals surface area contributed by atoms with Gasteiger partial charge in [-0.3, -0.25) is 4.90 Å². The Morgan fingerprint density at radius 1 is 0.957 bits per heavy atom. The topological polar surface area (TPSA) is 35.5 Å². The lowest BCUT2D eigenvalue weighted by Crippen LogP contribution is -2.45. The fourth-order valence-electron chi connectivity index (χ4n) is 3.59. The number of piperazine rings is 1. The molecule has 5 heteroatoms. The highest BCUT2D eigenvalue weighted by molar-refractivity contribution is 5.86. The van der Waals surface area contributed by atoms with E-state index < -0.39 is 0 Å². The van der Waals surface area contributed by atoms with Crippen molar-refractivity contribution in [1.82, 2.24) is 10.2 Å². The SMILES string of the molecule is Cl.Cl.Oc1ccc2cc([C@@H](C3CC3)N3CCNCC3)ccc2c1. The third kappa shape index (κ3) is 3.92. The Kier molecular flexibility index (Phi) is 6.15. The molecule has 2 N–H and O–H groups in total. The number of hydrogen-bond acceptors (Lipinski definition) is 3. The van der Waals surface area contributed by atoms with Crippen LogP contribution in [-0.2, 0) is 0 Å². The van der Waals surface area contributed by atoms with Crippen molar-refractivity contribution in [1.29, 1.82) is 0 Å². The summed E-state index contributed by atoms with van der Waals surface area (Å²) in [4.78, 5) is 2.65. The molecule has 2 aromatic rings. The van der Waals surface area contributed by atoms with Gasteiger partial charge in [0, 0.05) is 32.2 Å². The van der Waals surface area contributed by atoms with Crippen molar-refractivity contribution in [2.24, 2.45) is 5.92 Å². The van der Waals surface area contributed by atoms with E-state index in [1.165, 1.54) is 23.8 Å². The van der Waals surface area contributed by atoms with Gasteiger partial charge in [0.2, 0.25) is 0 Å². The molecule has 0 aromatic heterocycles. The first-order valence-electron chi connectivity index (χ1n) is 7.99. The van der Waals surface area contributed by atoms with E-state index >= 15 is 0 Å². The number of benzene rings is 2. The predicted molar refractivity (Wildman–Crippen MR) is 100 cm³/mol.